The molecule has 0 aliphatic carbocycles. The predicted molar refractivity (Wildman–Crippen MR) is 78.6 cm³/mol. The van der Waals surface area contributed by atoms with Gasteiger partial charge in [0.2, 0.25) is 0 Å². The van der Waals surface area contributed by atoms with Gasteiger partial charge in [0.15, 0.2) is 0 Å². The number of halogens is 2. The first-order valence-electron chi connectivity index (χ1n) is 5.24. The number of benzene rings is 1. The Bertz CT molecular complexity index is 652. The maximum atomic E-state index is 12.0. The van der Waals surface area contributed by atoms with Gasteiger partial charge in [-0.1, -0.05) is 22.0 Å². The first-order chi connectivity index (χ1) is 8.49. The predicted octanol–water partition coefficient (Wildman–Crippen LogP) is 2.71. The average Bonchev–Trinajstić information content (AvgIpc) is 2.33. The normalized spacial score (nSPS) is 10.6. The molecular weight excluding hydrogens is 362 g/mol. The zero-order valence-electron chi connectivity index (χ0n) is 9.65. The van der Waals surface area contributed by atoms with Crippen LogP contribution in [0.1, 0.15) is 11.3 Å². The fourth-order valence-electron chi connectivity index (χ4n) is 1.53. The summed E-state index contributed by atoms with van der Waals surface area (Å²) in [7, 11) is 0. The maximum Gasteiger partial charge on any atom is 0.268 e. The molecule has 6 heteroatoms. The topological polar surface area (TPSA) is 60.9 Å². The quantitative estimate of drug-likeness (QED) is 0.824. The summed E-state index contributed by atoms with van der Waals surface area (Å²) in [6, 6.07) is 5.51. The number of hydrogen-bond donors (Lipinski definition) is 1. The van der Waals surface area contributed by atoms with Crippen molar-refractivity contribution in [2.24, 2.45) is 0 Å². The second-order valence-corrected chi connectivity index (χ2v) is 5.58. The molecule has 0 aliphatic rings. The number of hydrogen-bond acceptors (Lipinski definition) is 3. The van der Waals surface area contributed by atoms with Crippen molar-refractivity contribution in [1.29, 1.82) is 0 Å². The van der Waals surface area contributed by atoms with E-state index >= 15 is 0 Å². The Morgan fingerprint density at radius 2 is 2.11 bits per heavy atom. The molecule has 1 aromatic carbocycles. The van der Waals surface area contributed by atoms with Crippen molar-refractivity contribution < 1.29 is 0 Å². The molecule has 0 radical (unpaired) electrons. The summed E-state index contributed by atoms with van der Waals surface area (Å²) >= 11 is 6.68. The number of nitrogens with zero attached hydrogens (tertiary/aromatic N) is 2. The summed E-state index contributed by atoms with van der Waals surface area (Å²) in [5.74, 6) is 0. The van der Waals surface area contributed by atoms with Crippen LogP contribution < -0.4 is 11.3 Å². The van der Waals surface area contributed by atoms with Gasteiger partial charge in [0, 0.05) is 10.2 Å². The van der Waals surface area contributed by atoms with Crippen LogP contribution in [0.3, 0.4) is 0 Å². The van der Waals surface area contributed by atoms with Gasteiger partial charge < -0.3 is 5.73 Å². The lowest BCUT2D eigenvalue weighted by Gasteiger charge is -2.09. The van der Waals surface area contributed by atoms with Crippen molar-refractivity contribution in [2.75, 3.05) is 5.73 Å². The maximum absolute atomic E-state index is 12.0. The van der Waals surface area contributed by atoms with Gasteiger partial charge in [0.1, 0.15) is 4.47 Å². The van der Waals surface area contributed by atoms with Crippen molar-refractivity contribution in [3.05, 3.63) is 55.1 Å². The third-order valence-electron chi connectivity index (χ3n) is 2.57. The largest absolute Gasteiger partial charge is 0.399 e. The van der Waals surface area contributed by atoms with E-state index in [-0.39, 0.29) is 5.56 Å². The first-order valence-corrected chi connectivity index (χ1v) is 6.83. The van der Waals surface area contributed by atoms with Crippen molar-refractivity contribution >= 4 is 37.5 Å². The minimum Gasteiger partial charge on any atom is -0.399 e. The van der Waals surface area contributed by atoms with E-state index < -0.39 is 0 Å². The fourth-order valence-corrected chi connectivity index (χ4v) is 2.39. The molecule has 2 aromatic rings. The number of nitrogen functional groups attached to an aromatic ring is 1. The first kappa shape index (κ1) is 13.3. The van der Waals surface area contributed by atoms with Crippen LogP contribution >= 0.6 is 31.9 Å². The van der Waals surface area contributed by atoms with Gasteiger partial charge >= 0.3 is 0 Å². The molecule has 0 amide bonds. The molecule has 2 rings (SSSR count). The molecule has 1 aromatic heterocycles. The zero-order chi connectivity index (χ0) is 13.3. The molecule has 0 spiro atoms. The summed E-state index contributed by atoms with van der Waals surface area (Å²) in [4.78, 5) is 16.2. The van der Waals surface area contributed by atoms with Crippen LogP contribution in [0.25, 0.3) is 0 Å². The number of nitrogens with two attached hydrogens (primary N) is 1. The zero-order valence-corrected chi connectivity index (χ0v) is 12.8. The van der Waals surface area contributed by atoms with Gasteiger partial charge in [-0.25, -0.2) is 4.98 Å². The minimum absolute atomic E-state index is 0.0915. The minimum atomic E-state index is -0.0915. The van der Waals surface area contributed by atoms with Crippen LogP contribution in [0.4, 0.5) is 5.69 Å². The Morgan fingerprint density at radius 1 is 1.39 bits per heavy atom. The summed E-state index contributed by atoms with van der Waals surface area (Å²) < 4.78 is 2.93. The molecular formula is C12H11Br2N3O. The number of rotatable bonds is 2. The van der Waals surface area contributed by atoms with E-state index in [2.05, 4.69) is 36.8 Å². The third-order valence-corrected chi connectivity index (χ3v) is 4.23. The van der Waals surface area contributed by atoms with Gasteiger partial charge in [-0.2, -0.15) is 0 Å². The molecule has 0 saturated heterocycles. The molecule has 94 valence electrons. The van der Waals surface area contributed by atoms with Crippen LogP contribution in [-0.2, 0) is 6.54 Å². The summed E-state index contributed by atoms with van der Waals surface area (Å²) in [6.45, 7) is 2.24. The Balaban J connectivity index is 2.41. The molecule has 0 unspecified atom stereocenters. The van der Waals surface area contributed by atoms with Crippen LogP contribution in [0, 0.1) is 6.92 Å². The molecule has 0 aliphatic heterocycles. The SMILES string of the molecule is Cc1ncn(Cc2ccc(N)cc2Br)c(=O)c1Br. The van der Waals surface area contributed by atoms with E-state index in [0.717, 1.165) is 10.0 Å². The van der Waals surface area contributed by atoms with Crippen LogP contribution in [0.2, 0.25) is 0 Å². The summed E-state index contributed by atoms with van der Waals surface area (Å²) in [5, 5.41) is 0. The van der Waals surface area contributed by atoms with Gasteiger partial charge in [-0.05, 0) is 40.5 Å². The Hall–Kier alpha value is -1.14. The average molecular weight is 373 g/mol. The lowest BCUT2D eigenvalue weighted by atomic mass is 10.2. The highest BCUT2D eigenvalue weighted by Crippen LogP contribution is 2.20. The van der Waals surface area contributed by atoms with Crippen LogP contribution in [-0.4, -0.2) is 9.55 Å². The number of anilines is 1. The third kappa shape index (κ3) is 2.64. The van der Waals surface area contributed by atoms with E-state index in [1.807, 2.05) is 18.2 Å². The van der Waals surface area contributed by atoms with Crippen molar-refractivity contribution in [2.45, 2.75) is 13.5 Å². The Morgan fingerprint density at radius 3 is 2.78 bits per heavy atom. The highest BCUT2D eigenvalue weighted by atomic mass is 79.9. The second kappa shape index (κ2) is 5.24. The molecule has 0 bridgehead atoms. The van der Waals surface area contributed by atoms with Crippen molar-refractivity contribution in [3.63, 3.8) is 0 Å². The lowest BCUT2D eigenvalue weighted by molar-refractivity contribution is 0.722. The molecule has 0 fully saturated rings. The van der Waals surface area contributed by atoms with Gasteiger partial charge in [-0.15, -0.1) is 0 Å². The van der Waals surface area contributed by atoms with Crippen LogP contribution in [0.15, 0.2) is 38.3 Å². The monoisotopic (exact) mass is 371 g/mol. The van der Waals surface area contributed by atoms with E-state index in [9.17, 15) is 4.79 Å². The second-order valence-electron chi connectivity index (χ2n) is 3.93. The molecule has 4 nitrogen and oxygen atoms in total. The highest BCUT2D eigenvalue weighted by Gasteiger charge is 2.07. The lowest BCUT2D eigenvalue weighted by Crippen LogP contribution is -2.22. The molecule has 18 heavy (non-hydrogen) atoms. The molecule has 1 heterocycles. The van der Waals surface area contributed by atoms with Crippen LogP contribution in [0.5, 0.6) is 0 Å². The van der Waals surface area contributed by atoms with Gasteiger partial charge in [0.05, 0.1) is 18.6 Å². The van der Waals surface area contributed by atoms with Gasteiger partial charge in [-0.3, -0.25) is 9.36 Å². The smallest absolute Gasteiger partial charge is 0.268 e. The van der Waals surface area contributed by atoms with Crippen molar-refractivity contribution in [3.8, 4) is 0 Å². The van der Waals surface area contributed by atoms with Gasteiger partial charge in [0.25, 0.3) is 5.56 Å². The van der Waals surface area contributed by atoms with Crippen molar-refractivity contribution in [1.82, 2.24) is 9.55 Å². The standard InChI is InChI=1S/C12H11Br2N3O/c1-7-11(14)12(18)17(6-16-7)5-8-2-3-9(15)4-10(8)13/h2-4,6H,5,15H2,1H3. The Labute approximate surface area is 121 Å². The summed E-state index contributed by atoms with van der Waals surface area (Å²) in [5.41, 5.74) is 7.93. The van der Waals surface area contributed by atoms with E-state index in [0.29, 0.717) is 22.4 Å². The Kier molecular flexibility index (Phi) is 3.87. The molecule has 0 saturated carbocycles. The fraction of sp³-hybridized carbons (Fsp3) is 0.167. The summed E-state index contributed by atoms with van der Waals surface area (Å²) in [6.07, 6.45) is 1.55. The highest BCUT2D eigenvalue weighted by molar-refractivity contribution is 9.10. The molecule has 2 N–H and O–H groups in total. The number of aryl methyl sites for hydroxylation is 1. The molecule has 0 atom stereocenters. The van der Waals surface area contributed by atoms with E-state index in [1.54, 1.807) is 17.8 Å². The number of aromatic nitrogens is 2. The van der Waals surface area contributed by atoms with E-state index in [4.69, 9.17) is 5.73 Å². The van der Waals surface area contributed by atoms with E-state index in [1.165, 1.54) is 0 Å².